The van der Waals surface area contributed by atoms with Crippen LogP contribution in [-0.4, -0.2) is 40.9 Å². The Bertz CT molecular complexity index is 1430. The molecule has 1 aromatic heterocycles. The van der Waals surface area contributed by atoms with Crippen molar-refractivity contribution in [1.82, 2.24) is 14.9 Å². The van der Waals surface area contributed by atoms with Gasteiger partial charge in [-0.1, -0.05) is 36.4 Å². The number of likely N-dealkylation sites (tertiary alicyclic amines) is 1. The molecule has 37 heavy (non-hydrogen) atoms. The van der Waals surface area contributed by atoms with Crippen LogP contribution in [0.1, 0.15) is 24.3 Å². The average molecular weight is 513 g/mol. The molecule has 0 unspecified atom stereocenters. The number of hydrogen-bond donors (Lipinski definition) is 3. The molecule has 1 aliphatic rings. The number of halogens is 1. The van der Waals surface area contributed by atoms with Crippen molar-refractivity contribution >= 4 is 57.2 Å². The third-order valence-electron chi connectivity index (χ3n) is 6.59. The number of amides is 1. The van der Waals surface area contributed by atoms with Crippen molar-refractivity contribution in [3.8, 4) is 0 Å². The third-order valence-corrected chi connectivity index (χ3v) is 6.83. The molecule has 1 saturated heterocycles. The molecule has 0 saturated carbocycles. The summed E-state index contributed by atoms with van der Waals surface area (Å²) in [5.41, 5.74) is 4.46. The first-order valence-corrected chi connectivity index (χ1v) is 12.7. The van der Waals surface area contributed by atoms with Crippen molar-refractivity contribution in [3.63, 3.8) is 0 Å². The van der Waals surface area contributed by atoms with Gasteiger partial charge in [-0.15, -0.1) is 0 Å². The predicted molar refractivity (Wildman–Crippen MR) is 152 cm³/mol. The summed E-state index contributed by atoms with van der Waals surface area (Å²) in [4.78, 5) is 23.6. The normalized spacial score (nSPS) is 14.3. The topological polar surface area (TPSA) is 82.2 Å². The Kier molecular flexibility index (Phi) is 7.35. The molecule has 8 heteroatoms. The van der Waals surface area contributed by atoms with Crippen molar-refractivity contribution in [2.45, 2.75) is 18.8 Å². The van der Waals surface area contributed by atoms with Crippen LogP contribution in [0.3, 0.4) is 0 Å². The van der Waals surface area contributed by atoms with E-state index in [1.165, 1.54) is 24.5 Å². The van der Waals surface area contributed by atoms with Crippen LogP contribution in [-0.2, 0) is 4.79 Å². The summed E-state index contributed by atoms with van der Waals surface area (Å²) < 4.78 is 0. The highest BCUT2D eigenvalue weighted by Crippen LogP contribution is 2.31. The van der Waals surface area contributed by atoms with E-state index in [-0.39, 0.29) is 5.91 Å². The van der Waals surface area contributed by atoms with Gasteiger partial charge in [0.1, 0.15) is 5.82 Å². The smallest absolute Gasteiger partial charge is 0.247 e. The van der Waals surface area contributed by atoms with Gasteiger partial charge in [0.25, 0.3) is 0 Å². The van der Waals surface area contributed by atoms with E-state index in [1.807, 2.05) is 42.5 Å². The molecule has 3 aromatic carbocycles. The second kappa shape index (κ2) is 11.0. The predicted octanol–water partition coefficient (Wildman–Crippen LogP) is 6.70. The average Bonchev–Trinajstić information content (AvgIpc) is 2.90. The van der Waals surface area contributed by atoms with E-state index in [9.17, 15) is 4.79 Å². The summed E-state index contributed by atoms with van der Waals surface area (Å²) in [6.07, 6.45) is 3.61. The van der Waals surface area contributed by atoms with E-state index in [1.54, 1.807) is 0 Å². The largest absolute Gasteiger partial charge is 0.339 e. The van der Waals surface area contributed by atoms with Gasteiger partial charge in [-0.25, -0.2) is 4.98 Å². The molecule has 1 fully saturated rings. The molecule has 0 aliphatic carbocycles. The highest BCUT2D eigenvalue weighted by atomic mass is 35.5. The number of carbonyl (C=O) groups is 1. The van der Waals surface area contributed by atoms with Crippen molar-refractivity contribution in [2.75, 3.05) is 36.1 Å². The Labute approximate surface area is 221 Å². The van der Waals surface area contributed by atoms with E-state index in [2.05, 4.69) is 58.7 Å². The standard InChI is InChI=1S/C29H29ClN6O/c1-3-27(37)31-23-5-4-6-24(18-23)32-28-25-17-21(30)9-12-26(25)34-29(35-28)33-22-10-7-19(8-11-22)20-13-15-36(2)16-14-20/h3-12,17-18,20H,1,13-16H2,2H3,(H,31,37)(H2,32,33,34,35). The number of hydrogen-bond acceptors (Lipinski definition) is 6. The number of nitrogens with zero attached hydrogens (tertiary/aromatic N) is 3. The van der Waals surface area contributed by atoms with Crippen molar-refractivity contribution in [1.29, 1.82) is 0 Å². The van der Waals surface area contributed by atoms with Gasteiger partial charge in [0.05, 0.1) is 5.52 Å². The van der Waals surface area contributed by atoms with Crippen LogP contribution in [0, 0.1) is 0 Å². The maximum Gasteiger partial charge on any atom is 0.247 e. The van der Waals surface area contributed by atoms with Crippen LogP contribution < -0.4 is 16.0 Å². The zero-order chi connectivity index (χ0) is 25.8. The molecule has 188 valence electrons. The zero-order valence-electron chi connectivity index (χ0n) is 20.7. The minimum Gasteiger partial charge on any atom is -0.339 e. The third kappa shape index (κ3) is 6.07. The maximum absolute atomic E-state index is 11.7. The summed E-state index contributed by atoms with van der Waals surface area (Å²) in [6, 6.07) is 21.5. The second-order valence-corrected chi connectivity index (χ2v) is 9.72. The molecule has 0 atom stereocenters. The number of piperidine rings is 1. The molecule has 5 rings (SSSR count). The lowest BCUT2D eigenvalue weighted by Crippen LogP contribution is -2.29. The summed E-state index contributed by atoms with van der Waals surface area (Å²) in [7, 11) is 2.18. The highest BCUT2D eigenvalue weighted by molar-refractivity contribution is 6.31. The van der Waals surface area contributed by atoms with Gasteiger partial charge in [-0.05, 0) is 99.1 Å². The van der Waals surface area contributed by atoms with E-state index in [0.29, 0.717) is 28.4 Å². The number of carbonyl (C=O) groups excluding carboxylic acids is 1. The molecule has 1 aliphatic heterocycles. The first-order chi connectivity index (χ1) is 18.0. The van der Waals surface area contributed by atoms with E-state index >= 15 is 0 Å². The molecule has 2 heterocycles. The molecule has 7 nitrogen and oxygen atoms in total. The van der Waals surface area contributed by atoms with Gasteiger partial charge < -0.3 is 20.9 Å². The Hall–Kier alpha value is -3.94. The summed E-state index contributed by atoms with van der Waals surface area (Å²) in [6.45, 7) is 5.77. The summed E-state index contributed by atoms with van der Waals surface area (Å²) in [5, 5.41) is 10.9. The molecule has 0 bridgehead atoms. The van der Waals surface area contributed by atoms with E-state index in [4.69, 9.17) is 21.6 Å². The molecule has 3 N–H and O–H groups in total. The fourth-order valence-electron chi connectivity index (χ4n) is 4.57. The quantitative estimate of drug-likeness (QED) is 0.239. The molecule has 0 radical (unpaired) electrons. The van der Waals surface area contributed by atoms with Crippen molar-refractivity contribution in [3.05, 3.63) is 90.0 Å². The summed E-state index contributed by atoms with van der Waals surface area (Å²) >= 11 is 6.29. The molecule has 1 amide bonds. The van der Waals surface area contributed by atoms with Gasteiger partial charge in [0.2, 0.25) is 11.9 Å². The minimum absolute atomic E-state index is 0.273. The molecule has 4 aromatic rings. The Morgan fingerprint density at radius 1 is 0.973 bits per heavy atom. The van der Waals surface area contributed by atoms with Crippen molar-refractivity contribution in [2.24, 2.45) is 0 Å². The van der Waals surface area contributed by atoms with Gasteiger partial charge in [0.15, 0.2) is 0 Å². The number of fused-ring (bicyclic) bond motifs is 1. The number of nitrogens with one attached hydrogen (secondary N) is 3. The molecule has 0 spiro atoms. The molecular formula is C29H29ClN6O. The van der Waals surface area contributed by atoms with E-state index < -0.39 is 0 Å². The number of benzene rings is 3. The van der Waals surface area contributed by atoms with Crippen LogP contribution >= 0.6 is 11.6 Å². The highest BCUT2D eigenvalue weighted by Gasteiger charge is 2.18. The fourth-order valence-corrected chi connectivity index (χ4v) is 4.74. The van der Waals surface area contributed by atoms with Crippen LogP contribution in [0.5, 0.6) is 0 Å². The first-order valence-electron chi connectivity index (χ1n) is 12.3. The Morgan fingerprint density at radius 3 is 2.49 bits per heavy atom. The van der Waals surface area contributed by atoms with Gasteiger partial charge in [-0.3, -0.25) is 4.79 Å². The van der Waals surface area contributed by atoms with Crippen LogP contribution in [0.4, 0.5) is 28.8 Å². The van der Waals surface area contributed by atoms with E-state index in [0.717, 1.165) is 35.4 Å². The summed E-state index contributed by atoms with van der Waals surface area (Å²) in [5.74, 6) is 1.41. The lowest BCUT2D eigenvalue weighted by atomic mass is 9.89. The maximum atomic E-state index is 11.7. The zero-order valence-corrected chi connectivity index (χ0v) is 21.4. The first kappa shape index (κ1) is 24.7. The van der Waals surface area contributed by atoms with Crippen molar-refractivity contribution < 1.29 is 4.79 Å². The Balaban J connectivity index is 1.40. The monoisotopic (exact) mass is 512 g/mol. The fraction of sp³-hybridized carbons (Fsp3) is 0.207. The van der Waals surface area contributed by atoms with Crippen LogP contribution in [0.15, 0.2) is 79.4 Å². The Morgan fingerprint density at radius 2 is 1.73 bits per heavy atom. The van der Waals surface area contributed by atoms with Gasteiger partial charge in [-0.2, -0.15) is 4.98 Å². The minimum atomic E-state index is -0.273. The van der Waals surface area contributed by atoms with Crippen LogP contribution in [0.2, 0.25) is 5.02 Å². The number of aromatic nitrogens is 2. The number of rotatable bonds is 7. The lowest BCUT2D eigenvalue weighted by molar-refractivity contribution is -0.111. The van der Waals surface area contributed by atoms with Gasteiger partial charge in [0, 0.05) is 27.5 Å². The lowest BCUT2D eigenvalue weighted by Gasteiger charge is -2.29. The molecular weight excluding hydrogens is 484 g/mol. The van der Waals surface area contributed by atoms with Gasteiger partial charge >= 0.3 is 0 Å². The van der Waals surface area contributed by atoms with Crippen LogP contribution in [0.25, 0.3) is 10.9 Å². The SMILES string of the molecule is C=CC(=O)Nc1cccc(Nc2nc(Nc3ccc(C4CCN(C)CC4)cc3)nc3ccc(Cl)cc23)c1. The number of anilines is 5. The second-order valence-electron chi connectivity index (χ2n) is 9.28.